The molecule has 0 fully saturated rings. The minimum atomic E-state index is -0.236. The van der Waals surface area contributed by atoms with E-state index in [1.54, 1.807) is 0 Å². The average Bonchev–Trinajstić information content (AvgIpc) is 2.48. The average molecular weight is 233 g/mol. The maximum Gasteiger partial charge on any atom is 0.329 e. The smallest absolute Gasteiger partial charge is 0.329 e. The van der Waals surface area contributed by atoms with Crippen LogP contribution in [0.1, 0.15) is 26.3 Å². The Labute approximate surface area is 102 Å². The first-order valence-electron chi connectivity index (χ1n) is 5.99. The van der Waals surface area contributed by atoms with Crippen LogP contribution in [0.25, 0.3) is 0 Å². The molecular formula is C14H19NO2. The highest BCUT2D eigenvalue weighted by Crippen LogP contribution is 2.44. The Balaban J connectivity index is 2.43. The van der Waals surface area contributed by atoms with Crippen LogP contribution in [0.5, 0.6) is 0 Å². The number of anilines is 1. The molecule has 1 aromatic carbocycles. The van der Waals surface area contributed by atoms with E-state index >= 15 is 0 Å². The van der Waals surface area contributed by atoms with E-state index in [1.807, 2.05) is 31.0 Å². The first-order chi connectivity index (χ1) is 8.00. The summed E-state index contributed by atoms with van der Waals surface area (Å²) in [5, 5.41) is 0. The minimum absolute atomic E-state index is 0.142. The molecular weight excluding hydrogens is 214 g/mol. The molecule has 0 saturated heterocycles. The van der Waals surface area contributed by atoms with Crippen LogP contribution in [0.2, 0.25) is 0 Å². The number of para-hydroxylation sites is 1. The second kappa shape index (κ2) is 4.06. The van der Waals surface area contributed by atoms with Gasteiger partial charge in [-0.05, 0) is 18.6 Å². The number of esters is 1. The van der Waals surface area contributed by atoms with Gasteiger partial charge in [0.15, 0.2) is 0 Å². The number of fused-ring (bicyclic) bond motifs is 1. The van der Waals surface area contributed by atoms with Crippen molar-refractivity contribution in [2.75, 3.05) is 18.6 Å². The van der Waals surface area contributed by atoms with Crippen molar-refractivity contribution in [2.45, 2.75) is 32.2 Å². The summed E-state index contributed by atoms with van der Waals surface area (Å²) in [4.78, 5) is 14.1. The van der Waals surface area contributed by atoms with Gasteiger partial charge in [0.1, 0.15) is 6.04 Å². The minimum Gasteiger partial charge on any atom is -0.464 e. The van der Waals surface area contributed by atoms with E-state index in [1.165, 1.54) is 5.56 Å². The summed E-state index contributed by atoms with van der Waals surface area (Å²) in [5.74, 6) is -0.142. The van der Waals surface area contributed by atoms with Crippen molar-refractivity contribution in [3.8, 4) is 0 Å². The Kier molecular flexibility index (Phi) is 2.86. The molecule has 3 nitrogen and oxygen atoms in total. The summed E-state index contributed by atoms with van der Waals surface area (Å²) in [6, 6.07) is 7.92. The van der Waals surface area contributed by atoms with Gasteiger partial charge in [-0.1, -0.05) is 32.0 Å². The molecule has 0 amide bonds. The number of carbonyl (C=O) groups excluding carboxylic acids is 1. The first kappa shape index (κ1) is 12.0. The second-order valence-corrected chi connectivity index (χ2v) is 5.00. The number of ether oxygens (including phenoxy) is 1. The molecule has 1 unspecified atom stereocenters. The summed E-state index contributed by atoms with van der Waals surface area (Å²) in [5.41, 5.74) is 2.12. The monoisotopic (exact) mass is 233 g/mol. The Bertz CT molecular complexity index is 440. The highest BCUT2D eigenvalue weighted by Gasteiger charge is 2.47. The number of rotatable bonds is 2. The molecule has 92 valence electrons. The fourth-order valence-electron chi connectivity index (χ4n) is 2.77. The lowest BCUT2D eigenvalue weighted by atomic mass is 9.80. The predicted octanol–water partition coefficient (Wildman–Crippen LogP) is 2.35. The molecule has 0 spiro atoms. The Morgan fingerprint density at radius 1 is 1.41 bits per heavy atom. The zero-order valence-corrected chi connectivity index (χ0v) is 10.9. The summed E-state index contributed by atoms with van der Waals surface area (Å²) < 4.78 is 5.18. The molecule has 2 rings (SSSR count). The SMILES string of the molecule is CCOC(=O)C1N(C)c2ccccc2C1(C)C. The third-order valence-corrected chi connectivity index (χ3v) is 3.56. The van der Waals surface area contributed by atoms with Gasteiger partial charge in [0.05, 0.1) is 6.61 Å². The van der Waals surface area contributed by atoms with Crippen molar-refractivity contribution in [1.29, 1.82) is 0 Å². The lowest BCUT2D eigenvalue weighted by Crippen LogP contribution is -2.46. The molecule has 0 aromatic heterocycles. The maximum atomic E-state index is 12.1. The molecule has 0 N–H and O–H groups in total. The molecule has 17 heavy (non-hydrogen) atoms. The normalized spacial score (nSPS) is 21.2. The van der Waals surface area contributed by atoms with Gasteiger partial charge < -0.3 is 9.64 Å². The molecule has 1 aromatic rings. The van der Waals surface area contributed by atoms with Gasteiger partial charge in [-0.25, -0.2) is 4.79 Å². The van der Waals surface area contributed by atoms with Crippen molar-refractivity contribution in [1.82, 2.24) is 0 Å². The molecule has 1 aliphatic rings. The third kappa shape index (κ3) is 1.70. The lowest BCUT2D eigenvalue weighted by molar-refractivity contribution is -0.145. The van der Waals surface area contributed by atoms with Crippen LogP contribution >= 0.6 is 0 Å². The Morgan fingerprint density at radius 3 is 2.65 bits per heavy atom. The van der Waals surface area contributed by atoms with Crippen molar-refractivity contribution in [3.63, 3.8) is 0 Å². The van der Waals surface area contributed by atoms with E-state index in [0.29, 0.717) is 6.61 Å². The van der Waals surface area contributed by atoms with Gasteiger partial charge in [0.2, 0.25) is 0 Å². The summed E-state index contributed by atoms with van der Waals surface area (Å²) >= 11 is 0. The summed E-state index contributed by atoms with van der Waals surface area (Å²) in [6.45, 7) is 6.45. The zero-order valence-electron chi connectivity index (χ0n) is 10.9. The van der Waals surface area contributed by atoms with Crippen molar-refractivity contribution >= 4 is 11.7 Å². The van der Waals surface area contributed by atoms with Crippen molar-refractivity contribution in [2.24, 2.45) is 0 Å². The van der Waals surface area contributed by atoms with E-state index < -0.39 is 0 Å². The lowest BCUT2D eigenvalue weighted by Gasteiger charge is -2.29. The number of carbonyl (C=O) groups is 1. The summed E-state index contributed by atoms with van der Waals surface area (Å²) in [7, 11) is 1.95. The van der Waals surface area contributed by atoms with Gasteiger partial charge >= 0.3 is 5.97 Å². The highest BCUT2D eigenvalue weighted by atomic mass is 16.5. The molecule has 1 aliphatic heterocycles. The standard InChI is InChI=1S/C14H19NO2/c1-5-17-13(16)12-14(2,3)10-8-6-7-9-11(10)15(12)4/h6-9,12H,5H2,1-4H3. The zero-order chi connectivity index (χ0) is 12.6. The Morgan fingerprint density at radius 2 is 2.06 bits per heavy atom. The second-order valence-electron chi connectivity index (χ2n) is 5.00. The predicted molar refractivity (Wildman–Crippen MR) is 68.3 cm³/mol. The van der Waals surface area contributed by atoms with Crippen LogP contribution in [0.4, 0.5) is 5.69 Å². The molecule has 0 radical (unpaired) electrons. The number of hydrogen-bond acceptors (Lipinski definition) is 3. The van der Waals surface area contributed by atoms with Crippen LogP contribution < -0.4 is 4.90 Å². The van der Waals surface area contributed by atoms with E-state index in [4.69, 9.17) is 4.74 Å². The van der Waals surface area contributed by atoms with Crippen LogP contribution in [-0.4, -0.2) is 25.7 Å². The third-order valence-electron chi connectivity index (χ3n) is 3.56. The van der Waals surface area contributed by atoms with Gasteiger partial charge in [0, 0.05) is 18.2 Å². The first-order valence-corrected chi connectivity index (χ1v) is 5.99. The van der Waals surface area contributed by atoms with Crippen LogP contribution in [0.3, 0.4) is 0 Å². The van der Waals surface area contributed by atoms with E-state index in [2.05, 4.69) is 26.0 Å². The fraction of sp³-hybridized carbons (Fsp3) is 0.500. The molecule has 0 saturated carbocycles. The summed E-state index contributed by atoms with van der Waals surface area (Å²) in [6.07, 6.45) is 0. The van der Waals surface area contributed by atoms with E-state index in [0.717, 1.165) is 5.69 Å². The number of likely N-dealkylation sites (N-methyl/N-ethyl adjacent to an activating group) is 1. The molecule has 0 aliphatic carbocycles. The van der Waals surface area contributed by atoms with Gasteiger partial charge in [-0.15, -0.1) is 0 Å². The van der Waals surface area contributed by atoms with Gasteiger partial charge in [-0.2, -0.15) is 0 Å². The van der Waals surface area contributed by atoms with Crippen molar-refractivity contribution < 1.29 is 9.53 Å². The van der Waals surface area contributed by atoms with E-state index in [-0.39, 0.29) is 17.4 Å². The number of benzene rings is 1. The molecule has 3 heteroatoms. The topological polar surface area (TPSA) is 29.5 Å². The Hall–Kier alpha value is -1.51. The number of hydrogen-bond donors (Lipinski definition) is 0. The largest absolute Gasteiger partial charge is 0.464 e. The van der Waals surface area contributed by atoms with Crippen LogP contribution in [0.15, 0.2) is 24.3 Å². The van der Waals surface area contributed by atoms with E-state index in [9.17, 15) is 4.79 Å². The fourth-order valence-corrected chi connectivity index (χ4v) is 2.77. The maximum absolute atomic E-state index is 12.1. The van der Waals surface area contributed by atoms with Gasteiger partial charge in [0.25, 0.3) is 0 Å². The van der Waals surface area contributed by atoms with Crippen LogP contribution in [0, 0.1) is 0 Å². The van der Waals surface area contributed by atoms with Crippen molar-refractivity contribution in [3.05, 3.63) is 29.8 Å². The highest BCUT2D eigenvalue weighted by molar-refractivity contribution is 5.86. The number of nitrogens with zero attached hydrogens (tertiary/aromatic N) is 1. The molecule has 1 atom stereocenters. The van der Waals surface area contributed by atoms with Crippen LogP contribution in [-0.2, 0) is 14.9 Å². The quantitative estimate of drug-likeness (QED) is 0.734. The van der Waals surface area contributed by atoms with Gasteiger partial charge in [-0.3, -0.25) is 0 Å². The molecule has 0 bridgehead atoms. The molecule has 1 heterocycles.